The maximum Gasteiger partial charge on any atom is 0.244 e. The third kappa shape index (κ3) is 3.98. The molecule has 1 fully saturated rings. The highest BCUT2D eigenvalue weighted by atomic mass is 35.5. The van der Waals surface area contributed by atoms with Gasteiger partial charge in [-0.1, -0.05) is 35.9 Å². The lowest BCUT2D eigenvalue weighted by Crippen LogP contribution is -2.30. The summed E-state index contributed by atoms with van der Waals surface area (Å²) in [6.45, 7) is 0.656. The van der Waals surface area contributed by atoms with E-state index in [-0.39, 0.29) is 11.3 Å². The molecule has 4 heteroatoms. The molecule has 2 aromatic rings. The van der Waals surface area contributed by atoms with Crippen LogP contribution in [0.3, 0.4) is 0 Å². The Bertz CT molecular complexity index is 731. The van der Waals surface area contributed by atoms with Gasteiger partial charge in [0.15, 0.2) is 0 Å². The van der Waals surface area contributed by atoms with Crippen molar-refractivity contribution in [3.63, 3.8) is 0 Å². The smallest absolute Gasteiger partial charge is 0.244 e. The summed E-state index contributed by atoms with van der Waals surface area (Å²) in [5, 5.41) is 3.70. The molecule has 0 spiro atoms. The Morgan fingerprint density at radius 3 is 2.42 bits per heavy atom. The molecule has 1 N–H and O–H groups in total. The molecule has 1 amide bonds. The van der Waals surface area contributed by atoms with E-state index in [0.29, 0.717) is 11.6 Å². The summed E-state index contributed by atoms with van der Waals surface area (Å²) in [6, 6.07) is 15.5. The summed E-state index contributed by atoms with van der Waals surface area (Å²) in [6.07, 6.45) is 5.55. The molecule has 0 saturated heterocycles. The number of amides is 1. The molecule has 1 aliphatic rings. The van der Waals surface area contributed by atoms with E-state index in [1.54, 1.807) is 19.3 Å². The number of ether oxygens (including phenoxy) is 1. The highest BCUT2D eigenvalue weighted by Gasteiger charge is 2.44. The topological polar surface area (TPSA) is 38.3 Å². The Morgan fingerprint density at radius 2 is 1.83 bits per heavy atom. The zero-order valence-electron chi connectivity index (χ0n) is 13.6. The zero-order valence-corrected chi connectivity index (χ0v) is 14.3. The van der Waals surface area contributed by atoms with E-state index in [9.17, 15) is 4.79 Å². The van der Waals surface area contributed by atoms with Gasteiger partial charge in [0.05, 0.1) is 7.11 Å². The van der Waals surface area contributed by atoms with Crippen LogP contribution in [0.2, 0.25) is 5.02 Å². The van der Waals surface area contributed by atoms with Crippen molar-refractivity contribution in [3.8, 4) is 5.75 Å². The summed E-state index contributed by atoms with van der Waals surface area (Å²) in [5.41, 5.74) is 2.28. The fourth-order valence-corrected chi connectivity index (χ4v) is 2.85. The van der Waals surface area contributed by atoms with Crippen LogP contribution in [0.15, 0.2) is 54.6 Å². The van der Waals surface area contributed by atoms with Crippen molar-refractivity contribution in [1.82, 2.24) is 5.32 Å². The fourth-order valence-electron chi connectivity index (χ4n) is 2.72. The number of hydrogen-bond donors (Lipinski definition) is 1. The number of carbonyl (C=O) groups excluding carboxylic acids is 1. The fraction of sp³-hybridized carbons (Fsp3) is 0.250. The first-order valence-corrected chi connectivity index (χ1v) is 8.35. The second-order valence-electron chi connectivity index (χ2n) is 6.11. The first-order valence-electron chi connectivity index (χ1n) is 7.97. The molecule has 24 heavy (non-hydrogen) atoms. The molecule has 0 atom stereocenters. The van der Waals surface area contributed by atoms with Gasteiger partial charge < -0.3 is 10.1 Å². The molecule has 1 saturated carbocycles. The molecule has 0 unspecified atom stereocenters. The highest BCUT2D eigenvalue weighted by molar-refractivity contribution is 6.30. The molecule has 0 bridgehead atoms. The third-order valence-electron chi connectivity index (χ3n) is 4.45. The summed E-state index contributed by atoms with van der Waals surface area (Å²) < 4.78 is 5.19. The van der Waals surface area contributed by atoms with Gasteiger partial charge >= 0.3 is 0 Å². The van der Waals surface area contributed by atoms with Crippen molar-refractivity contribution in [2.24, 2.45) is 0 Å². The minimum Gasteiger partial charge on any atom is -0.497 e. The van der Waals surface area contributed by atoms with Gasteiger partial charge in [0.25, 0.3) is 0 Å². The van der Waals surface area contributed by atoms with E-state index in [0.717, 1.165) is 24.2 Å². The molecule has 3 rings (SSSR count). The number of carbonyl (C=O) groups is 1. The van der Waals surface area contributed by atoms with E-state index in [2.05, 4.69) is 17.4 Å². The van der Waals surface area contributed by atoms with Crippen LogP contribution in [0.5, 0.6) is 5.75 Å². The van der Waals surface area contributed by atoms with E-state index in [1.165, 1.54) is 5.56 Å². The van der Waals surface area contributed by atoms with E-state index in [4.69, 9.17) is 16.3 Å². The first-order chi connectivity index (χ1) is 11.6. The van der Waals surface area contributed by atoms with Gasteiger partial charge in [-0.25, -0.2) is 0 Å². The molecule has 0 aliphatic heterocycles. The van der Waals surface area contributed by atoms with Gasteiger partial charge in [0.1, 0.15) is 5.75 Å². The maximum absolute atomic E-state index is 12.0. The number of rotatable bonds is 6. The normalized spacial score (nSPS) is 15.2. The lowest BCUT2D eigenvalue weighted by atomic mass is 9.96. The van der Waals surface area contributed by atoms with Gasteiger partial charge in [-0.15, -0.1) is 0 Å². The first kappa shape index (κ1) is 16.6. The summed E-state index contributed by atoms with van der Waals surface area (Å²) in [5.74, 6) is 0.772. The zero-order chi connectivity index (χ0) is 17.0. The summed E-state index contributed by atoms with van der Waals surface area (Å²) in [7, 11) is 1.66. The Kier molecular flexibility index (Phi) is 4.91. The van der Waals surface area contributed by atoms with Gasteiger partial charge in [-0.05, 0) is 54.3 Å². The van der Waals surface area contributed by atoms with Gasteiger partial charge in [0.2, 0.25) is 5.91 Å². The van der Waals surface area contributed by atoms with Crippen molar-refractivity contribution < 1.29 is 9.53 Å². The third-order valence-corrected chi connectivity index (χ3v) is 4.71. The second kappa shape index (κ2) is 7.10. The molecule has 1 aliphatic carbocycles. The monoisotopic (exact) mass is 341 g/mol. The highest BCUT2D eigenvalue weighted by Crippen LogP contribution is 2.47. The number of halogens is 1. The van der Waals surface area contributed by atoms with Crippen LogP contribution in [-0.4, -0.2) is 19.6 Å². The second-order valence-corrected chi connectivity index (χ2v) is 6.55. The largest absolute Gasteiger partial charge is 0.497 e. The van der Waals surface area contributed by atoms with Crippen molar-refractivity contribution in [2.75, 3.05) is 13.7 Å². The van der Waals surface area contributed by atoms with E-state index >= 15 is 0 Å². The quantitative estimate of drug-likeness (QED) is 0.799. The van der Waals surface area contributed by atoms with Gasteiger partial charge in [0, 0.05) is 23.1 Å². The lowest BCUT2D eigenvalue weighted by molar-refractivity contribution is -0.116. The Labute approximate surface area is 147 Å². The minimum atomic E-state index is -0.0789. The Morgan fingerprint density at radius 1 is 1.17 bits per heavy atom. The molecule has 0 aromatic heterocycles. The average Bonchev–Trinajstić information content (AvgIpc) is 3.41. The molecule has 2 aromatic carbocycles. The van der Waals surface area contributed by atoms with E-state index < -0.39 is 0 Å². The number of hydrogen-bond acceptors (Lipinski definition) is 2. The predicted molar refractivity (Wildman–Crippen MR) is 97.4 cm³/mol. The van der Waals surface area contributed by atoms with Crippen LogP contribution in [0, 0.1) is 0 Å². The standard InChI is InChI=1S/C20H20ClNO2/c1-24-18-9-5-16(6-10-18)20(12-13-20)14-22-19(23)11-4-15-2-7-17(21)8-3-15/h2-11H,12-14H2,1H3,(H,22,23)/b11-4+. The van der Waals surface area contributed by atoms with Crippen LogP contribution < -0.4 is 10.1 Å². The molecule has 0 heterocycles. The number of benzene rings is 2. The van der Waals surface area contributed by atoms with Crippen molar-refractivity contribution in [2.45, 2.75) is 18.3 Å². The maximum atomic E-state index is 12.0. The van der Waals surface area contributed by atoms with Gasteiger partial charge in [-0.3, -0.25) is 4.79 Å². The molecular weight excluding hydrogens is 322 g/mol. The van der Waals surface area contributed by atoms with Crippen molar-refractivity contribution >= 4 is 23.6 Å². The summed E-state index contributed by atoms with van der Waals surface area (Å²) >= 11 is 5.85. The molecule has 0 radical (unpaired) electrons. The molecular formula is C20H20ClNO2. The summed E-state index contributed by atoms with van der Waals surface area (Å²) in [4.78, 5) is 12.0. The predicted octanol–water partition coefficient (Wildman–Crippen LogP) is 4.21. The Balaban J connectivity index is 1.56. The Hall–Kier alpha value is -2.26. The SMILES string of the molecule is COc1ccc(C2(CNC(=O)/C=C/c3ccc(Cl)cc3)CC2)cc1. The van der Waals surface area contributed by atoms with E-state index in [1.807, 2.05) is 36.4 Å². The average molecular weight is 342 g/mol. The molecule has 124 valence electrons. The molecule has 3 nitrogen and oxygen atoms in total. The number of methoxy groups -OCH3 is 1. The van der Waals surface area contributed by atoms with Crippen LogP contribution in [-0.2, 0) is 10.2 Å². The lowest BCUT2D eigenvalue weighted by Gasteiger charge is -2.16. The van der Waals surface area contributed by atoms with Crippen LogP contribution in [0.25, 0.3) is 6.08 Å². The van der Waals surface area contributed by atoms with Crippen molar-refractivity contribution in [1.29, 1.82) is 0 Å². The van der Waals surface area contributed by atoms with Crippen LogP contribution >= 0.6 is 11.6 Å². The van der Waals surface area contributed by atoms with Crippen molar-refractivity contribution in [3.05, 3.63) is 70.8 Å². The minimum absolute atomic E-state index is 0.0789. The van der Waals surface area contributed by atoms with Crippen LogP contribution in [0.4, 0.5) is 0 Å². The van der Waals surface area contributed by atoms with Crippen LogP contribution in [0.1, 0.15) is 24.0 Å². The van der Waals surface area contributed by atoms with Gasteiger partial charge in [-0.2, -0.15) is 0 Å². The number of nitrogens with one attached hydrogen (secondary N) is 1.